The normalized spacial score (nSPS) is 21.3. The molecule has 0 spiro atoms. The Balaban J connectivity index is 1.60. The predicted octanol–water partition coefficient (Wildman–Crippen LogP) is 1.50. The number of aromatic nitrogens is 3. The van der Waals surface area contributed by atoms with Crippen molar-refractivity contribution in [1.29, 1.82) is 0 Å². The van der Waals surface area contributed by atoms with Gasteiger partial charge in [0, 0.05) is 25.8 Å². The van der Waals surface area contributed by atoms with Gasteiger partial charge in [-0.3, -0.25) is 0 Å². The van der Waals surface area contributed by atoms with Crippen LogP contribution in [-0.2, 0) is 10.0 Å². The third-order valence-corrected chi connectivity index (χ3v) is 6.01. The van der Waals surface area contributed by atoms with Gasteiger partial charge in [0.05, 0.1) is 11.1 Å². The molecule has 2 aromatic heterocycles. The van der Waals surface area contributed by atoms with Gasteiger partial charge in [-0.2, -0.15) is 0 Å². The van der Waals surface area contributed by atoms with Crippen molar-refractivity contribution in [3.8, 4) is 0 Å². The molecule has 0 aromatic carbocycles. The number of hydrogen-bond donors (Lipinski definition) is 2. The summed E-state index contributed by atoms with van der Waals surface area (Å²) in [4.78, 5) is 13.8. The summed E-state index contributed by atoms with van der Waals surface area (Å²) in [7, 11) is -1.13. The number of nitrogens with one attached hydrogen (secondary N) is 2. The van der Waals surface area contributed by atoms with E-state index in [4.69, 9.17) is 0 Å². The molecule has 1 saturated carbocycles. The third-order valence-electron chi connectivity index (χ3n) is 4.45. The Morgan fingerprint density at radius 3 is 2.91 bits per heavy atom. The second kappa shape index (κ2) is 6.45. The number of H-pyrrole nitrogens is 1. The van der Waals surface area contributed by atoms with E-state index in [0.29, 0.717) is 12.6 Å². The van der Waals surface area contributed by atoms with Crippen LogP contribution < -0.4 is 9.62 Å². The van der Waals surface area contributed by atoms with Crippen molar-refractivity contribution in [2.24, 2.45) is 5.92 Å². The first kappa shape index (κ1) is 16.2. The Morgan fingerprint density at radius 2 is 2.17 bits per heavy atom. The fraction of sp³-hybridized carbons (Fsp3) is 0.600. The minimum absolute atomic E-state index is 0.223. The maximum absolute atomic E-state index is 11.9. The van der Waals surface area contributed by atoms with E-state index in [2.05, 4.69) is 24.6 Å². The summed E-state index contributed by atoms with van der Waals surface area (Å²) in [6.07, 6.45) is 5.97. The summed E-state index contributed by atoms with van der Waals surface area (Å²) in [5, 5.41) is 0.996. The molecule has 8 heteroatoms. The van der Waals surface area contributed by atoms with Gasteiger partial charge in [-0.05, 0) is 31.2 Å². The van der Waals surface area contributed by atoms with Crippen molar-refractivity contribution in [1.82, 2.24) is 19.7 Å². The molecule has 23 heavy (non-hydrogen) atoms. The van der Waals surface area contributed by atoms with Gasteiger partial charge in [0.1, 0.15) is 17.8 Å². The molecule has 1 fully saturated rings. The van der Waals surface area contributed by atoms with Crippen molar-refractivity contribution < 1.29 is 8.42 Å². The van der Waals surface area contributed by atoms with Crippen LogP contribution in [0.25, 0.3) is 11.0 Å². The van der Waals surface area contributed by atoms with Gasteiger partial charge in [-0.1, -0.05) is 6.92 Å². The van der Waals surface area contributed by atoms with Gasteiger partial charge >= 0.3 is 0 Å². The summed E-state index contributed by atoms with van der Waals surface area (Å²) in [6, 6.07) is 2.30. The zero-order chi connectivity index (χ0) is 16.4. The molecule has 7 nitrogen and oxygen atoms in total. The maximum atomic E-state index is 11.9. The standard InChI is InChI=1S/C15H23N5O2S/c1-3-5-19-23(21,22)9-11-7-12(8-11)20(2)15-13-4-6-16-14(13)17-10-18-15/h4,6,10-12,19H,3,5,7-9H2,1-2H3,(H,16,17,18). The van der Waals surface area contributed by atoms with Crippen molar-refractivity contribution >= 4 is 26.9 Å². The number of fused-ring (bicyclic) bond motifs is 1. The molecule has 2 heterocycles. The largest absolute Gasteiger partial charge is 0.356 e. The molecule has 0 radical (unpaired) electrons. The Morgan fingerprint density at radius 1 is 1.39 bits per heavy atom. The molecule has 1 aliphatic rings. The molecular weight excluding hydrogens is 314 g/mol. The molecule has 0 amide bonds. The predicted molar refractivity (Wildman–Crippen MR) is 90.9 cm³/mol. The third kappa shape index (κ3) is 3.48. The Bertz CT molecular complexity index is 767. The van der Waals surface area contributed by atoms with E-state index in [1.54, 1.807) is 6.33 Å². The molecule has 126 valence electrons. The van der Waals surface area contributed by atoms with E-state index in [1.807, 2.05) is 26.2 Å². The van der Waals surface area contributed by atoms with Crippen LogP contribution in [0.15, 0.2) is 18.6 Å². The van der Waals surface area contributed by atoms with Crippen LogP contribution in [0, 0.1) is 5.92 Å². The van der Waals surface area contributed by atoms with Crippen LogP contribution in [-0.4, -0.2) is 48.8 Å². The minimum atomic E-state index is -3.14. The molecule has 0 bridgehead atoms. The van der Waals surface area contributed by atoms with Crippen molar-refractivity contribution in [3.63, 3.8) is 0 Å². The van der Waals surface area contributed by atoms with Crippen LogP contribution in [0.1, 0.15) is 26.2 Å². The van der Waals surface area contributed by atoms with Gasteiger partial charge in [0.25, 0.3) is 0 Å². The van der Waals surface area contributed by atoms with E-state index in [9.17, 15) is 8.42 Å². The SMILES string of the molecule is CCCNS(=O)(=O)CC1CC(N(C)c2ncnc3[nH]ccc23)C1. The quantitative estimate of drug-likeness (QED) is 0.799. The highest BCUT2D eigenvalue weighted by Crippen LogP contribution is 2.35. The first-order chi connectivity index (χ1) is 11.0. The lowest BCUT2D eigenvalue weighted by Crippen LogP contribution is -2.46. The minimum Gasteiger partial charge on any atom is -0.356 e. The highest BCUT2D eigenvalue weighted by molar-refractivity contribution is 7.89. The van der Waals surface area contributed by atoms with E-state index >= 15 is 0 Å². The summed E-state index contributed by atoms with van der Waals surface area (Å²) in [5.41, 5.74) is 0.823. The average Bonchev–Trinajstić information content (AvgIpc) is 2.96. The lowest BCUT2D eigenvalue weighted by Gasteiger charge is -2.41. The number of anilines is 1. The lowest BCUT2D eigenvalue weighted by molar-refractivity contribution is 0.281. The van der Waals surface area contributed by atoms with Crippen LogP contribution in [0.4, 0.5) is 5.82 Å². The fourth-order valence-electron chi connectivity index (χ4n) is 3.09. The first-order valence-electron chi connectivity index (χ1n) is 7.98. The second-order valence-corrected chi connectivity index (χ2v) is 8.07. The van der Waals surface area contributed by atoms with Crippen molar-refractivity contribution in [2.45, 2.75) is 32.2 Å². The van der Waals surface area contributed by atoms with Gasteiger partial charge in [-0.25, -0.2) is 23.1 Å². The molecule has 0 saturated heterocycles. The van der Waals surface area contributed by atoms with Crippen LogP contribution in [0.5, 0.6) is 0 Å². The number of aromatic amines is 1. The van der Waals surface area contributed by atoms with Gasteiger partial charge in [0.15, 0.2) is 0 Å². The van der Waals surface area contributed by atoms with E-state index in [0.717, 1.165) is 36.1 Å². The zero-order valence-electron chi connectivity index (χ0n) is 13.5. The highest BCUT2D eigenvalue weighted by atomic mass is 32.2. The molecule has 2 N–H and O–H groups in total. The summed E-state index contributed by atoms with van der Waals surface area (Å²) in [5.74, 6) is 1.34. The Kier molecular flexibility index (Phi) is 4.54. The average molecular weight is 337 g/mol. The summed E-state index contributed by atoms with van der Waals surface area (Å²) in [6.45, 7) is 2.48. The lowest BCUT2D eigenvalue weighted by atomic mass is 9.81. The number of sulfonamides is 1. The number of nitrogens with zero attached hydrogens (tertiary/aromatic N) is 3. The molecule has 0 atom stereocenters. The van der Waals surface area contributed by atoms with E-state index in [-0.39, 0.29) is 11.7 Å². The molecule has 2 aromatic rings. The van der Waals surface area contributed by atoms with Crippen LogP contribution >= 0.6 is 0 Å². The number of hydrogen-bond acceptors (Lipinski definition) is 5. The molecule has 0 aliphatic heterocycles. The van der Waals surface area contributed by atoms with E-state index < -0.39 is 10.0 Å². The van der Waals surface area contributed by atoms with E-state index in [1.165, 1.54) is 0 Å². The summed E-state index contributed by atoms with van der Waals surface area (Å²) >= 11 is 0. The topological polar surface area (TPSA) is 91.0 Å². The molecule has 0 unspecified atom stereocenters. The molecule has 3 rings (SSSR count). The summed E-state index contributed by atoms with van der Waals surface area (Å²) < 4.78 is 26.5. The zero-order valence-corrected chi connectivity index (χ0v) is 14.3. The van der Waals surface area contributed by atoms with Gasteiger partial charge < -0.3 is 9.88 Å². The molecule has 1 aliphatic carbocycles. The smallest absolute Gasteiger partial charge is 0.211 e. The Labute approximate surface area is 136 Å². The Hall–Kier alpha value is -1.67. The van der Waals surface area contributed by atoms with Crippen molar-refractivity contribution in [3.05, 3.63) is 18.6 Å². The van der Waals surface area contributed by atoms with Crippen LogP contribution in [0.3, 0.4) is 0 Å². The fourth-order valence-corrected chi connectivity index (χ4v) is 4.62. The monoisotopic (exact) mass is 337 g/mol. The molecular formula is C15H23N5O2S. The van der Waals surface area contributed by atoms with Crippen LogP contribution in [0.2, 0.25) is 0 Å². The van der Waals surface area contributed by atoms with Gasteiger partial charge in [-0.15, -0.1) is 0 Å². The first-order valence-corrected chi connectivity index (χ1v) is 9.63. The maximum Gasteiger partial charge on any atom is 0.211 e. The number of rotatable bonds is 7. The second-order valence-electron chi connectivity index (χ2n) is 6.22. The van der Waals surface area contributed by atoms with Crippen molar-refractivity contribution in [2.75, 3.05) is 24.2 Å². The highest BCUT2D eigenvalue weighted by Gasteiger charge is 2.35. The van der Waals surface area contributed by atoms with Gasteiger partial charge in [0.2, 0.25) is 10.0 Å².